The Bertz CT molecular complexity index is 3000. The number of amides is 2. The first-order chi connectivity index (χ1) is 40.3. The number of fused-ring (bicyclic) bond motifs is 2. The van der Waals surface area contributed by atoms with Gasteiger partial charge in [-0.25, -0.2) is 9.78 Å². The molecule has 30 heteroatoms. The number of azide groups is 1. The third-order valence-electron chi connectivity index (χ3n) is 14.2. The number of aliphatic hydroxyl groups is 4. The lowest BCUT2D eigenvalue weighted by atomic mass is 9.99. The maximum atomic E-state index is 14.0. The fourth-order valence-electron chi connectivity index (χ4n) is 10.1. The number of rotatable bonds is 27. The van der Waals surface area contributed by atoms with Gasteiger partial charge in [0.2, 0.25) is 12.2 Å². The molecule has 458 valence electrons. The van der Waals surface area contributed by atoms with Gasteiger partial charge in [0, 0.05) is 104 Å². The monoisotopic (exact) mass is 1190 g/mol. The summed E-state index contributed by atoms with van der Waals surface area (Å²) >= 11 is 0. The van der Waals surface area contributed by atoms with Gasteiger partial charge in [-0.2, -0.15) is 0 Å². The van der Waals surface area contributed by atoms with Crippen LogP contribution in [0.4, 0.5) is 22.0 Å². The van der Waals surface area contributed by atoms with E-state index < -0.39 is 70.7 Å². The number of nitrogens with one attached hydrogen (secondary N) is 1. The summed E-state index contributed by atoms with van der Waals surface area (Å²) in [5.74, 6) is -1.23. The first-order valence-corrected chi connectivity index (χ1v) is 29.0. The van der Waals surface area contributed by atoms with Crippen molar-refractivity contribution in [2.24, 2.45) is 5.11 Å². The molecule has 8 rings (SSSR count). The molecule has 0 radical (unpaired) electrons. The third-order valence-corrected chi connectivity index (χ3v) is 15.0. The highest BCUT2D eigenvalue weighted by Crippen LogP contribution is 2.41. The Morgan fingerprint density at radius 3 is 2.29 bits per heavy atom. The minimum atomic E-state index is -5.14. The standard InChI is InChI=1S/C54H74N12O17S/c1-34-30-64(53(72)81-54(2,3)4)18-17-63(34)19-22-78-46-28-36(13-14-57-46)66-37-10-11-38(66)32-65(31-37)41-29-40(60-61-50(41)55)39-7-5-6-8-42(39)82-84(73,74)83-44-27-35(9-12-43(44)79-52-49(70)48(69)47(68)45(33-67)80-52)51(71)58-15-20-75-23-25-77-26-24-76-21-16-59-62-56/h5-9,12-14,27-29,34,37-38,45,47-49,52,67-70H,10-11,15-26,30-33H2,1-4H3,(H2,55,61)(H,58,71)/t34-,37?,38?,45-,47+,48+,49-,52-/m1/s1. The zero-order valence-corrected chi connectivity index (χ0v) is 48.1. The number of para-hydroxylation sites is 1. The van der Waals surface area contributed by atoms with E-state index in [1.165, 1.54) is 18.2 Å². The Kier molecular flexibility index (Phi) is 21.8. The maximum absolute atomic E-state index is 14.0. The largest absolute Gasteiger partial charge is 0.501 e. The highest BCUT2D eigenvalue weighted by Gasteiger charge is 2.46. The van der Waals surface area contributed by atoms with E-state index in [0.29, 0.717) is 70.7 Å². The van der Waals surface area contributed by atoms with E-state index in [4.69, 9.17) is 52.8 Å². The molecule has 2 aromatic carbocycles. The summed E-state index contributed by atoms with van der Waals surface area (Å²) < 4.78 is 78.4. The average molecular weight is 1200 g/mol. The molecule has 29 nitrogen and oxygen atoms in total. The molecule has 4 aromatic rings. The lowest BCUT2D eigenvalue weighted by Crippen LogP contribution is -2.60. The number of anilines is 3. The highest BCUT2D eigenvalue weighted by molar-refractivity contribution is 7.82. The number of nitrogens with zero attached hydrogens (tertiary/aromatic N) is 10. The molecule has 4 fully saturated rings. The molecule has 2 aromatic heterocycles. The van der Waals surface area contributed by atoms with Crippen molar-refractivity contribution >= 4 is 39.6 Å². The van der Waals surface area contributed by atoms with Gasteiger partial charge in [-0.15, -0.1) is 18.6 Å². The minimum Gasteiger partial charge on any atom is -0.476 e. The van der Waals surface area contributed by atoms with Crippen LogP contribution in [0, 0.1) is 0 Å². The first-order valence-electron chi connectivity index (χ1n) is 27.7. The van der Waals surface area contributed by atoms with Gasteiger partial charge in [0.05, 0.1) is 57.6 Å². The van der Waals surface area contributed by atoms with Gasteiger partial charge in [-0.1, -0.05) is 17.2 Å². The number of pyridine rings is 1. The summed E-state index contributed by atoms with van der Waals surface area (Å²) in [5, 5.41) is 56.0. The van der Waals surface area contributed by atoms with E-state index in [9.17, 15) is 38.4 Å². The maximum Gasteiger partial charge on any atom is 0.501 e. The number of benzene rings is 2. The van der Waals surface area contributed by atoms with Crippen LogP contribution < -0.4 is 38.7 Å². The second-order valence-electron chi connectivity index (χ2n) is 21.3. The highest BCUT2D eigenvalue weighted by atomic mass is 32.3. The number of hydrogen-bond donors (Lipinski definition) is 6. The number of nitrogen functional groups attached to an aromatic ring is 1. The molecular weight excluding hydrogens is 1120 g/mol. The Morgan fingerprint density at radius 1 is 0.857 bits per heavy atom. The van der Waals surface area contributed by atoms with Gasteiger partial charge in [0.15, 0.2) is 23.1 Å². The van der Waals surface area contributed by atoms with Gasteiger partial charge in [-0.3, -0.25) is 9.69 Å². The predicted octanol–water partition coefficient (Wildman–Crippen LogP) is 2.27. The van der Waals surface area contributed by atoms with E-state index >= 15 is 0 Å². The Balaban J connectivity index is 0.902. The summed E-state index contributed by atoms with van der Waals surface area (Å²) in [6.45, 7) is 12.6. The van der Waals surface area contributed by atoms with Crippen molar-refractivity contribution in [1.82, 2.24) is 30.3 Å². The van der Waals surface area contributed by atoms with Crippen molar-refractivity contribution in [3.8, 4) is 34.4 Å². The number of ether oxygens (including phenoxy) is 7. The molecule has 0 saturated carbocycles. The van der Waals surface area contributed by atoms with Crippen LogP contribution in [-0.2, 0) is 34.1 Å². The van der Waals surface area contributed by atoms with Crippen molar-refractivity contribution in [2.45, 2.75) is 95.0 Å². The number of aromatic nitrogens is 3. The molecule has 2 amide bonds. The summed E-state index contributed by atoms with van der Waals surface area (Å²) in [4.78, 5) is 41.8. The van der Waals surface area contributed by atoms with Crippen molar-refractivity contribution in [3.63, 3.8) is 0 Å². The third kappa shape index (κ3) is 16.8. The van der Waals surface area contributed by atoms with E-state index in [0.717, 1.165) is 30.7 Å². The molecule has 0 aliphatic carbocycles. The Hall–Kier alpha value is -7.09. The molecule has 0 spiro atoms. The first kappa shape index (κ1) is 62.9. The quantitative estimate of drug-likeness (QED) is 0.0216. The molecule has 8 atom stereocenters. The minimum absolute atomic E-state index is 0.0382. The molecule has 84 heavy (non-hydrogen) atoms. The number of carbonyl (C=O) groups excluding carboxylic acids is 2. The molecule has 4 aliphatic rings. The smallest absolute Gasteiger partial charge is 0.476 e. The van der Waals surface area contributed by atoms with Crippen LogP contribution in [0.3, 0.4) is 0 Å². The summed E-state index contributed by atoms with van der Waals surface area (Å²) in [5.41, 5.74) is 16.2. The second kappa shape index (κ2) is 29.1. The number of piperazine rings is 2. The molecule has 4 aliphatic heterocycles. The average Bonchev–Trinajstić information content (AvgIpc) is 3.45. The molecular formula is C54H74N12O17S. The molecule has 6 heterocycles. The lowest BCUT2D eigenvalue weighted by molar-refractivity contribution is -0.277. The van der Waals surface area contributed by atoms with Crippen LogP contribution in [0.15, 0.2) is 72.0 Å². The zero-order chi connectivity index (χ0) is 60.0. The van der Waals surface area contributed by atoms with Crippen LogP contribution in [-0.4, -0.2) is 225 Å². The van der Waals surface area contributed by atoms with Crippen LogP contribution in [0.1, 0.15) is 50.9 Å². The molecule has 2 unspecified atom stereocenters. The molecule has 4 saturated heterocycles. The second-order valence-corrected chi connectivity index (χ2v) is 22.5. The number of aliphatic hydroxyl groups excluding tert-OH is 4. The van der Waals surface area contributed by atoms with Crippen molar-refractivity contribution in [3.05, 3.63) is 82.9 Å². The van der Waals surface area contributed by atoms with Gasteiger partial charge >= 0.3 is 16.5 Å². The van der Waals surface area contributed by atoms with Crippen molar-refractivity contribution in [1.29, 1.82) is 0 Å². The fourth-order valence-corrected chi connectivity index (χ4v) is 10.9. The summed E-state index contributed by atoms with van der Waals surface area (Å²) in [7, 11) is -5.14. The van der Waals surface area contributed by atoms with E-state index in [1.807, 2.05) is 32.9 Å². The Morgan fingerprint density at radius 2 is 1.57 bits per heavy atom. The molecule has 2 bridgehead atoms. The number of hydrogen-bond acceptors (Lipinski definition) is 25. The zero-order valence-electron chi connectivity index (χ0n) is 47.3. The van der Waals surface area contributed by atoms with E-state index in [2.05, 4.69) is 52.1 Å². The SMILES string of the molecule is C[C@@H]1CN(C(=O)OC(C)(C)C)CCN1CCOc1cc(N2C3CCC2CN(c2cc(-c4ccccc4OS(=O)(=O)Oc4cc(C(=O)NCCOCCOCCOCCN=[N+]=[N-])ccc4O[C@@H]4O[C@H](CO)[C@H](O)[C@H](O)[C@H]4O)nnc2N)C3)ccn1. The van der Waals surface area contributed by atoms with Crippen LogP contribution in [0.5, 0.6) is 23.1 Å². The van der Waals surface area contributed by atoms with Gasteiger partial charge in [0.1, 0.15) is 36.6 Å². The van der Waals surface area contributed by atoms with Crippen LogP contribution in [0.2, 0.25) is 0 Å². The van der Waals surface area contributed by atoms with Gasteiger partial charge in [-0.05, 0) is 88.5 Å². The summed E-state index contributed by atoms with van der Waals surface area (Å²) in [6, 6.07) is 15.5. The van der Waals surface area contributed by atoms with Gasteiger partial charge < -0.3 is 87.7 Å². The van der Waals surface area contributed by atoms with Crippen LogP contribution in [0.25, 0.3) is 21.7 Å². The normalized spacial score (nSPS) is 22.7. The Labute approximate surface area is 486 Å². The van der Waals surface area contributed by atoms with Crippen LogP contribution >= 0.6 is 0 Å². The number of carbonyl (C=O) groups is 2. The van der Waals surface area contributed by atoms with Crippen molar-refractivity contribution in [2.75, 3.05) is 121 Å². The lowest BCUT2D eigenvalue weighted by Gasteiger charge is -2.43. The van der Waals surface area contributed by atoms with Gasteiger partial charge in [0.25, 0.3) is 5.91 Å². The predicted molar refractivity (Wildman–Crippen MR) is 302 cm³/mol. The molecule has 7 N–H and O–H groups in total. The number of nitrogens with two attached hydrogens (primary N) is 1. The summed E-state index contributed by atoms with van der Waals surface area (Å²) in [6.07, 6.45) is -5.33. The van der Waals surface area contributed by atoms with Crippen molar-refractivity contribution < 1.29 is 80.0 Å². The fraction of sp³-hybridized carbons (Fsp3) is 0.574. The topological polar surface area (TPSA) is 371 Å². The van der Waals surface area contributed by atoms with E-state index in [-0.39, 0.29) is 92.1 Å². The van der Waals surface area contributed by atoms with E-state index in [1.54, 1.807) is 29.3 Å².